The minimum absolute atomic E-state index is 0.213. The Kier molecular flexibility index (Phi) is 4.05. The smallest absolute Gasteiger partial charge is 0.329 e. The van der Waals surface area contributed by atoms with E-state index in [1.807, 2.05) is 54.6 Å². The average molecular weight is 309 g/mol. The standard InChI is InChI=1S/C17H15N3O3/c18-16(21)17(22)20-19-13-10-15(11-6-2-1-3-7-11)23-14-9-5-4-8-12(13)14/h1-9,15H,10H2,(H2,18,21)(H,20,22)/t15-/m1/s1. The van der Waals surface area contributed by atoms with E-state index in [0.717, 1.165) is 11.1 Å². The SMILES string of the molecule is NC(=O)C(=O)NN=C1C[C@H](c2ccccc2)Oc2ccccc21. The van der Waals surface area contributed by atoms with Gasteiger partial charge in [-0.3, -0.25) is 9.59 Å². The number of hydrazone groups is 1. The van der Waals surface area contributed by atoms with Crippen LogP contribution >= 0.6 is 0 Å². The van der Waals surface area contributed by atoms with Crippen LogP contribution in [0.1, 0.15) is 23.7 Å². The molecule has 0 bridgehead atoms. The highest BCUT2D eigenvalue weighted by Crippen LogP contribution is 2.34. The van der Waals surface area contributed by atoms with E-state index in [2.05, 4.69) is 10.5 Å². The molecule has 2 amide bonds. The van der Waals surface area contributed by atoms with Gasteiger partial charge in [-0.2, -0.15) is 5.10 Å². The number of rotatable bonds is 2. The molecular formula is C17H15N3O3. The topological polar surface area (TPSA) is 93.8 Å². The second-order valence-corrected chi connectivity index (χ2v) is 5.08. The zero-order valence-electron chi connectivity index (χ0n) is 12.2. The van der Waals surface area contributed by atoms with Gasteiger partial charge in [-0.1, -0.05) is 42.5 Å². The molecule has 0 spiro atoms. The van der Waals surface area contributed by atoms with Gasteiger partial charge in [0.2, 0.25) is 0 Å². The van der Waals surface area contributed by atoms with Crippen LogP contribution in [0.4, 0.5) is 0 Å². The van der Waals surface area contributed by atoms with Gasteiger partial charge >= 0.3 is 11.8 Å². The van der Waals surface area contributed by atoms with Crippen molar-refractivity contribution in [2.45, 2.75) is 12.5 Å². The van der Waals surface area contributed by atoms with E-state index >= 15 is 0 Å². The summed E-state index contributed by atoms with van der Waals surface area (Å²) in [5.74, 6) is -1.34. The molecule has 116 valence electrons. The first-order valence-corrected chi connectivity index (χ1v) is 7.12. The predicted molar refractivity (Wildman–Crippen MR) is 84.7 cm³/mol. The first-order chi connectivity index (χ1) is 11.1. The third-order valence-corrected chi connectivity index (χ3v) is 3.53. The second kappa shape index (κ2) is 6.31. The fraction of sp³-hybridized carbons (Fsp3) is 0.118. The molecule has 23 heavy (non-hydrogen) atoms. The molecule has 0 aromatic heterocycles. The zero-order valence-corrected chi connectivity index (χ0v) is 12.2. The first kappa shape index (κ1) is 14.8. The lowest BCUT2D eigenvalue weighted by Crippen LogP contribution is -2.34. The number of carbonyl (C=O) groups is 2. The van der Waals surface area contributed by atoms with Crippen molar-refractivity contribution in [2.24, 2.45) is 10.8 Å². The molecule has 3 N–H and O–H groups in total. The Morgan fingerprint density at radius 1 is 1.09 bits per heavy atom. The van der Waals surface area contributed by atoms with Crippen molar-refractivity contribution < 1.29 is 14.3 Å². The number of fused-ring (bicyclic) bond motifs is 1. The number of benzene rings is 2. The molecule has 0 saturated heterocycles. The number of nitrogens with two attached hydrogens (primary N) is 1. The van der Waals surface area contributed by atoms with Crippen LogP contribution in [-0.4, -0.2) is 17.5 Å². The summed E-state index contributed by atoms with van der Waals surface area (Å²) in [7, 11) is 0. The maximum Gasteiger partial charge on any atom is 0.329 e. The number of nitrogens with one attached hydrogen (secondary N) is 1. The summed E-state index contributed by atoms with van der Waals surface area (Å²) in [6.45, 7) is 0. The van der Waals surface area contributed by atoms with E-state index < -0.39 is 11.8 Å². The van der Waals surface area contributed by atoms with E-state index in [1.54, 1.807) is 0 Å². The molecule has 1 heterocycles. The Labute approximate surface area is 132 Å². The van der Waals surface area contributed by atoms with Crippen LogP contribution in [0, 0.1) is 0 Å². The minimum atomic E-state index is -1.07. The summed E-state index contributed by atoms with van der Waals surface area (Å²) >= 11 is 0. The zero-order chi connectivity index (χ0) is 16.2. The molecule has 1 atom stereocenters. The molecule has 0 saturated carbocycles. The van der Waals surface area contributed by atoms with Crippen LogP contribution in [0.25, 0.3) is 0 Å². The lowest BCUT2D eigenvalue weighted by atomic mass is 9.96. The lowest BCUT2D eigenvalue weighted by molar-refractivity contribution is -0.137. The Balaban J connectivity index is 1.93. The number of hydrogen-bond acceptors (Lipinski definition) is 4. The number of amides is 2. The normalized spacial score (nSPS) is 17.9. The minimum Gasteiger partial charge on any atom is -0.485 e. The monoisotopic (exact) mass is 309 g/mol. The van der Waals surface area contributed by atoms with E-state index in [4.69, 9.17) is 10.5 Å². The molecule has 1 aliphatic heterocycles. The average Bonchev–Trinajstić information content (AvgIpc) is 2.59. The van der Waals surface area contributed by atoms with Crippen LogP contribution in [0.15, 0.2) is 59.7 Å². The van der Waals surface area contributed by atoms with Crippen LogP contribution in [0.3, 0.4) is 0 Å². The van der Waals surface area contributed by atoms with E-state index in [9.17, 15) is 9.59 Å². The molecule has 2 aromatic carbocycles. The number of ether oxygens (including phenoxy) is 1. The van der Waals surface area contributed by atoms with Crippen molar-refractivity contribution in [1.29, 1.82) is 0 Å². The van der Waals surface area contributed by atoms with Gasteiger partial charge < -0.3 is 10.5 Å². The molecule has 6 heteroatoms. The lowest BCUT2D eigenvalue weighted by Gasteiger charge is -2.27. The highest BCUT2D eigenvalue weighted by molar-refractivity contribution is 6.34. The molecule has 3 rings (SSSR count). The van der Waals surface area contributed by atoms with Gasteiger partial charge in [-0.15, -0.1) is 0 Å². The van der Waals surface area contributed by atoms with Gasteiger partial charge in [-0.25, -0.2) is 5.43 Å². The number of hydrogen-bond donors (Lipinski definition) is 2. The van der Waals surface area contributed by atoms with Crippen molar-refractivity contribution >= 4 is 17.5 Å². The quantitative estimate of drug-likeness (QED) is 0.650. The molecular weight excluding hydrogens is 294 g/mol. The Hall–Kier alpha value is -3.15. The van der Waals surface area contributed by atoms with Gasteiger partial charge in [0.1, 0.15) is 11.9 Å². The summed E-state index contributed by atoms with van der Waals surface area (Å²) in [4.78, 5) is 22.1. The molecule has 0 radical (unpaired) electrons. The van der Waals surface area contributed by atoms with Gasteiger partial charge in [-0.05, 0) is 17.7 Å². The predicted octanol–water partition coefficient (Wildman–Crippen LogP) is 1.52. The molecule has 0 fully saturated rings. The summed E-state index contributed by atoms with van der Waals surface area (Å²) in [6.07, 6.45) is 0.260. The van der Waals surface area contributed by atoms with Crippen LogP contribution < -0.4 is 15.9 Å². The van der Waals surface area contributed by atoms with E-state index in [0.29, 0.717) is 17.9 Å². The third-order valence-electron chi connectivity index (χ3n) is 3.53. The number of primary amides is 1. The van der Waals surface area contributed by atoms with Crippen LogP contribution in [-0.2, 0) is 9.59 Å². The maximum absolute atomic E-state index is 11.3. The summed E-state index contributed by atoms with van der Waals surface area (Å²) in [5.41, 5.74) is 9.53. The molecule has 6 nitrogen and oxygen atoms in total. The highest BCUT2D eigenvalue weighted by Gasteiger charge is 2.26. The first-order valence-electron chi connectivity index (χ1n) is 7.12. The molecule has 1 aliphatic rings. The largest absolute Gasteiger partial charge is 0.485 e. The summed E-state index contributed by atoms with van der Waals surface area (Å²) in [6, 6.07) is 17.2. The summed E-state index contributed by atoms with van der Waals surface area (Å²) in [5, 5.41) is 4.06. The fourth-order valence-corrected chi connectivity index (χ4v) is 2.42. The van der Waals surface area contributed by atoms with E-state index in [-0.39, 0.29) is 6.10 Å². The van der Waals surface area contributed by atoms with Crippen molar-refractivity contribution in [1.82, 2.24) is 5.43 Å². The third kappa shape index (κ3) is 3.21. The van der Waals surface area contributed by atoms with Crippen molar-refractivity contribution in [3.63, 3.8) is 0 Å². The Morgan fingerprint density at radius 3 is 2.52 bits per heavy atom. The fourth-order valence-electron chi connectivity index (χ4n) is 2.42. The van der Waals surface area contributed by atoms with Crippen molar-refractivity contribution in [3.8, 4) is 5.75 Å². The Bertz CT molecular complexity index is 772. The van der Waals surface area contributed by atoms with Crippen molar-refractivity contribution in [3.05, 3.63) is 65.7 Å². The van der Waals surface area contributed by atoms with Crippen LogP contribution in [0.5, 0.6) is 5.75 Å². The van der Waals surface area contributed by atoms with Gasteiger partial charge in [0.05, 0.1) is 5.71 Å². The Morgan fingerprint density at radius 2 is 1.78 bits per heavy atom. The second-order valence-electron chi connectivity index (χ2n) is 5.08. The maximum atomic E-state index is 11.3. The molecule has 0 aliphatic carbocycles. The molecule has 0 unspecified atom stereocenters. The van der Waals surface area contributed by atoms with Gasteiger partial charge in [0, 0.05) is 12.0 Å². The highest BCUT2D eigenvalue weighted by atomic mass is 16.5. The van der Waals surface area contributed by atoms with E-state index in [1.165, 1.54) is 0 Å². The van der Waals surface area contributed by atoms with Gasteiger partial charge in [0.25, 0.3) is 0 Å². The summed E-state index contributed by atoms with van der Waals surface area (Å²) < 4.78 is 6.02. The number of carbonyl (C=O) groups excluding carboxylic acids is 2. The van der Waals surface area contributed by atoms with Crippen LogP contribution in [0.2, 0.25) is 0 Å². The molecule has 2 aromatic rings. The number of para-hydroxylation sites is 1. The number of nitrogens with zero attached hydrogens (tertiary/aromatic N) is 1. The van der Waals surface area contributed by atoms with Gasteiger partial charge in [0.15, 0.2) is 0 Å². The van der Waals surface area contributed by atoms with Crippen molar-refractivity contribution in [2.75, 3.05) is 0 Å².